The lowest BCUT2D eigenvalue weighted by Crippen LogP contribution is -2.58. The van der Waals surface area contributed by atoms with Crippen LogP contribution >= 0.6 is 0 Å². The van der Waals surface area contributed by atoms with Crippen LogP contribution in [0.2, 0.25) is 0 Å². The number of hydrogen-bond acceptors (Lipinski definition) is 4. The smallest absolute Gasteiger partial charge is 0.341 e. The first-order valence-electron chi connectivity index (χ1n) is 9.26. The molecule has 0 aromatic carbocycles. The Hall–Kier alpha value is -2.31. The molecule has 7 heteroatoms. The normalized spacial score (nSPS) is 18.2. The quantitative estimate of drug-likeness (QED) is 0.841. The number of likely N-dealkylation sites (tertiary alicyclic amines) is 1. The van der Waals surface area contributed by atoms with Gasteiger partial charge in [0.1, 0.15) is 6.54 Å². The summed E-state index contributed by atoms with van der Waals surface area (Å²) in [6.45, 7) is 6.77. The third-order valence-corrected chi connectivity index (χ3v) is 4.90. The number of carbonyl (C=O) groups is 2. The van der Waals surface area contributed by atoms with Gasteiger partial charge in [0.05, 0.1) is 5.69 Å². The fourth-order valence-corrected chi connectivity index (χ4v) is 3.59. The third kappa shape index (κ3) is 3.41. The van der Waals surface area contributed by atoms with Crippen molar-refractivity contribution in [2.24, 2.45) is 0 Å². The number of anilines is 2. The molecule has 1 aromatic heterocycles. The molecule has 25 heavy (non-hydrogen) atoms. The molecule has 1 aromatic rings. The number of amides is 3. The summed E-state index contributed by atoms with van der Waals surface area (Å²) in [6.07, 6.45) is 6.16. The maximum absolute atomic E-state index is 13.0. The molecule has 0 bridgehead atoms. The van der Waals surface area contributed by atoms with Crippen LogP contribution in [0, 0.1) is 0 Å². The fraction of sp³-hybridized carbons (Fsp3) is 0.611. The Balaban J connectivity index is 1.86. The van der Waals surface area contributed by atoms with Crippen LogP contribution in [-0.4, -0.2) is 59.6 Å². The molecule has 3 rings (SSSR count). The van der Waals surface area contributed by atoms with E-state index < -0.39 is 0 Å². The maximum Gasteiger partial charge on any atom is 0.343 e. The Morgan fingerprint density at radius 2 is 1.76 bits per heavy atom. The molecule has 3 amide bonds. The molecular weight excluding hydrogens is 318 g/mol. The average molecular weight is 345 g/mol. The minimum atomic E-state index is -0.159. The third-order valence-electron chi connectivity index (χ3n) is 4.90. The van der Waals surface area contributed by atoms with E-state index in [1.807, 2.05) is 35.9 Å². The Labute approximate surface area is 149 Å². The molecule has 0 saturated carbocycles. The summed E-state index contributed by atoms with van der Waals surface area (Å²) in [6, 6.07) is 3.52. The van der Waals surface area contributed by atoms with Crippen LogP contribution in [-0.2, 0) is 4.79 Å². The lowest BCUT2D eigenvalue weighted by molar-refractivity contribution is -0.129. The van der Waals surface area contributed by atoms with E-state index in [9.17, 15) is 9.59 Å². The summed E-state index contributed by atoms with van der Waals surface area (Å²) in [5.41, 5.74) is 0.710. The zero-order valence-corrected chi connectivity index (χ0v) is 15.1. The van der Waals surface area contributed by atoms with E-state index in [0.29, 0.717) is 18.8 Å². The SMILES string of the molecule is CCN1C(=O)N(CC(=O)N2CCCCCC2)c2cccnc2N1CC. The first-order chi connectivity index (χ1) is 12.2. The van der Waals surface area contributed by atoms with Gasteiger partial charge in [0.15, 0.2) is 5.82 Å². The highest BCUT2D eigenvalue weighted by atomic mass is 16.2. The standard InChI is InChI=1S/C18H27N5O2/c1-3-22-17-15(10-9-11-19-17)21(18(25)23(22)4-2)14-16(24)20-12-7-5-6-8-13-20/h9-11H,3-8,12-14H2,1-2H3. The van der Waals surface area contributed by atoms with Gasteiger partial charge in [-0.15, -0.1) is 0 Å². The fourth-order valence-electron chi connectivity index (χ4n) is 3.59. The Kier molecular flexibility index (Phi) is 5.40. The van der Waals surface area contributed by atoms with Gasteiger partial charge < -0.3 is 4.90 Å². The number of fused-ring (bicyclic) bond motifs is 1. The van der Waals surface area contributed by atoms with E-state index in [-0.39, 0.29) is 18.5 Å². The van der Waals surface area contributed by atoms with Crippen molar-refractivity contribution in [1.29, 1.82) is 0 Å². The van der Waals surface area contributed by atoms with Gasteiger partial charge in [-0.2, -0.15) is 0 Å². The largest absolute Gasteiger partial charge is 0.343 e. The highest BCUT2D eigenvalue weighted by molar-refractivity contribution is 6.03. The first kappa shape index (κ1) is 17.5. The molecular formula is C18H27N5O2. The van der Waals surface area contributed by atoms with Crippen molar-refractivity contribution in [3.63, 3.8) is 0 Å². The number of rotatable bonds is 4. The summed E-state index contributed by atoms with van der Waals surface area (Å²) in [5.74, 6) is 0.751. The zero-order chi connectivity index (χ0) is 17.8. The van der Waals surface area contributed by atoms with E-state index in [0.717, 1.165) is 31.7 Å². The van der Waals surface area contributed by atoms with Crippen molar-refractivity contribution < 1.29 is 9.59 Å². The van der Waals surface area contributed by atoms with Gasteiger partial charge in [-0.25, -0.2) is 14.8 Å². The molecule has 2 aliphatic rings. The van der Waals surface area contributed by atoms with Crippen molar-refractivity contribution in [3.05, 3.63) is 18.3 Å². The molecule has 0 spiro atoms. The molecule has 0 aliphatic carbocycles. The minimum absolute atomic E-state index is 0.0195. The summed E-state index contributed by atoms with van der Waals surface area (Å²) < 4.78 is 0. The lowest BCUT2D eigenvalue weighted by Gasteiger charge is -2.43. The lowest BCUT2D eigenvalue weighted by atomic mass is 10.2. The van der Waals surface area contributed by atoms with E-state index >= 15 is 0 Å². The highest BCUT2D eigenvalue weighted by Gasteiger charge is 2.36. The van der Waals surface area contributed by atoms with Crippen molar-refractivity contribution in [2.75, 3.05) is 42.6 Å². The number of carbonyl (C=O) groups excluding carboxylic acids is 2. The number of aromatic nitrogens is 1. The summed E-state index contributed by atoms with van der Waals surface area (Å²) in [4.78, 5) is 33.7. The monoisotopic (exact) mass is 345 g/mol. The number of hydrazine groups is 1. The molecule has 0 radical (unpaired) electrons. The van der Waals surface area contributed by atoms with Gasteiger partial charge in [0, 0.05) is 32.4 Å². The summed E-state index contributed by atoms with van der Waals surface area (Å²) in [5, 5.41) is 3.54. The van der Waals surface area contributed by atoms with Gasteiger partial charge in [-0.3, -0.25) is 14.7 Å². The van der Waals surface area contributed by atoms with Gasteiger partial charge in [-0.1, -0.05) is 12.8 Å². The topological polar surface area (TPSA) is 60.0 Å². The first-order valence-corrected chi connectivity index (χ1v) is 9.26. The number of nitrogens with zero attached hydrogens (tertiary/aromatic N) is 5. The molecule has 1 fully saturated rings. The molecule has 0 unspecified atom stereocenters. The van der Waals surface area contributed by atoms with Crippen LogP contribution in [0.1, 0.15) is 39.5 Å². The van der Waals surface area contributed by atoms with Gasteiger partial charge in [-0.05, 0) is 38.8 Å². The summed E-state index contributed by atoms with van der Waals surface area (Å²) >= 11 is 0. The number of pyridine rings is 1. The second kappa shape index (κ2) is 7.72. The number of hydrogen-bond donors (Lipinski definition) is 0. The van der Waals surface area contributed by atoms with Gasteiger partial charge in [0.25, 0.3) is 0 Å². The second-order valence-corrected chi connectivity index (χ2v) is 6.44. The number of urea groups is 1. The van der Waals surface area contributed by atoms with E-state index in [1.165, 1.54) is 12.8 Å². The van der Waals surface area contributed by atoms with Gasteiger partial charge in [0.2, 0.25) is 5.91 Å². The van der Waals surface area contributed by atoms with Crippen molar-refractivity contribution >= 4 is 23.4 Å². The van der Waals surface area contributed by atoms with Crippen LogP contribution in [0.25, 0.3) is 0 Å². The average Bonchev–Trinajstić information content (AvgIpc) is 2.92. The van der Waals surface area contributed by atoms with Crippen LogP contribution in [0.4, 0.5) is 16.3 Å². The second-order valence-electron chi connectivity index (χ2n) is 6.44. The summed E-state index contributed by atoms with van der Waals surface area (Å²) in [7, 11) is 0. The molecule has 1 saturated heterocycles. The molecule has 3 heterocycles. The van der Waals surface area contributed by atoms with Crippen molar-refractivity contribution in [2.45, 2.75) is 39.5 Å². The van der Waals surface area contributed by atoms with Crippen molar-refractivity contribution in [1.82, 2.24) is 14.9 Å². The Morgan fingerprint density at radius 3 is 2.40 bits per heavy atom. The Bertz CT molecular complexity index is 628. The van der Waals surface area contributed by atoms with Crippen molar-refractivity contribution in [3.8, 4) is 0 Å². The van der Waals surface area contributed by atoms with Crippen LogP contribution in [0.5, 0.6) is 0 Å². The molecule has 136 valence electrons. The van der Waals surface area contributed by atoms with E-state index in [4.69, 9.17) is 0 Å². The molecule has 0 atom stereocenters. The van der Waals surface area contributed by atoms with E-state index in [1.54, 1.807) is 16.1 Å². The molecule has 2 aliphatic heterocycles. The van der Waals surface area contributed by atoms with Crippen LogP contribution in [0.3, 0.4) is 0 Å². The van der Waals surface area contributed by atoms with E-state index in [2.05, 4.69) is 4.98 Å². The Morgan fingerprint density at radius 1 is 1.08 bits per heavy atom. The highest BCUT2D eigenvalue weighted by Crippen LogP contribution is 2.33. The maximum atomic E-state index is 13.0. The zero-order valence-electron chi connectivity index (χ0n) is 15.1. The van der Waals surface area contributed by atoms with Crippen LogP contribution in [0.15, 0.2) is 18.3 Å². The molecule has 0 N–H and O–H groups in total. The predicted molar refractivity (Wildman–Crippen MR) is 97.4 cm³/mol. The molecule has 7 nitrogen and oxygen atoms in total. The van der Waals surface area contributed by atoms with Gasteiger partial charge >= 0.3 is 6.03 Å². The predicted octanol–water partition coefficient (Wildman–Crippen LogP) is 2.49. The minimum Gasteiger partial charge on any atom is -0.341 e. The van der Waals surface area contributed by atoms with Crippen LogP contribution < -0.4 is 9.91 Å².